The van der Waals surface area contributed by atoms with Crippen LogP contribution in [-0.2, 0) is 11.8 Å². The molecule has 1 fully saturated rings. The van der Waals surface area contributed by atoms with Crippen molar-refractivity contribution in [3.63, 3.8) is 0 Å². The van der Waals surface area contributed by atoms with Crippen molar-refractivity contribution >= 4 is 34.9 Å². The Balaban J connectivity index is 1.61. The van der Waals surface area contributed by atoms with Gasteiger partial charge in [-0.25, -0.2) is 4.79 Å². The second-order valence-electron chi connectivity index (χ2n) is 6.14. The van der Waals surface area contributed by atoms with Crippen LogP contribution >= 0.6 is 23.2 Å². The summed E-state index contributed by atoms with van der Waals surface area (Å²) >= 11 is 12.3. The van der Waals surface area contributed by atoms with Gasteiger partial charge in [0, 0.05) is 30.9 Å². The van der Waals surface area contributed by atoms with Gasteiger partial charge in [-0.15, -0.1) is 0 Å². The summed E-state index contributed by atoms with van der Waals surface area (Å²) in [5.41, 5.74) is 2.35. The minimum atomic E-state index is -0.308. The molecule has 0 bridgehead atoms. The van der Waals surface area contributed by atoms with Gasteiger partial charge in [0.25, 0.3) is 0 Å². The Kier molecular flexibility index (Phi) is 5.51. The van der Waals surface area contributed by atoms with Gasteiger partial charge in [-0.2, -0.15) is 5.10 Å². The van der Waals surface area contributed by atoms with Crippen LogP contribution in [-0.4, -0.2) is 28.5 Å². The number of anilines is 1. The third-order valence-corrected chi connectivity index (χ3v) is 5.02. The number of hydrogen-bond donors (Lipinski definition) is 2. The number of carbonyl (C=O) groups is 1. The predicted molar refractivity (Wildman–Crippen MR) is 98.3 cm³/mol. The first-order valence-corrected chi connectivity index (χ1v) is 8.82. The number of aromatic nitrogens is 2. The van der Waals surface area contributed by atoms with Crippen LogP contribution < -0.4 is 10.6 Å². The number of halogens is 2. The van der Waals surface area contributed by atoms with E-state index in [9.17, 15) is 4.79 Å². The Morgan fingerprint density at radius 1 is 1.36 bits per heavy atom. The molecule has 1 aliphatic rings. The van der Waals surface area contributed by atoms with Gasteiger partial charge in [-0.1, -0.05) is 23.2 Å². The summed E-state index contributed by atoms with van der Waals surface area (Å²) in [6.07, 6.45) is 3.11. The first-order valence-electron chi connectivity index (χ1n) is 8.06. The standard InChI is InChI=1S/C17H20Cl2N4O2/c1-10-7-13(19)14(9-12(10)18)22-17(24)21-11-4-6-25-16(8-11)15-3-5-20-23(15)2/h3,5,7,9,11,16H,4,6,8H2,1-2H3,(H2,21,22,24). The molecule has 0 radical (unpaired) electrons. The van der Waals surface area contributed by atoms with Crippen LogP contribution in [0, 0.1) is 6.92 Å². The lowest BCUT2D eigenvalue weighted by atomic mass is 10.0. The van der Waals surface area contributed by atoms with E-state index in [2.05, 4.69) is 15.7 Å². The number of urea groups is 1. The number of benzene rings is 1. The average Bonchev–Trinajstić information content (AvgIpc) is 2.99. The molecule has 3 rings (SSSR count). The summed E-state index contributed by atoms with van der Waals surface area (Å²) in [7, 11) is 1.88. The fourth-order valence-corrected chi connectivity index (χ4v) is 3.35. The lowest BCUT2D eigenvalue weighted by Gasteiger charge is -2.30. The summed E-state index contributed by atoms with van der Waals surface area (Å²) in [6.45, 7) is 2.44. The maximum absolute atomic E-state index is 12.3. The van der Waals surface area contributed by atoms with Crippen LogP contribution in [0.1, 0.15) is 30.2 Å². The van der Waals surface area contributed by atoms with Gasteiger partial charge < -0.3 is 15.4 Å². The molecule has 8 heteroatoms. The molecule has 2 aromatic rings. The molecule has 134 valence electrons. The van der Waals surface area contributed by atoms with Crippen molar-refractivity contribution < 1.29 is 9.53 Å². The van der Waals surface area contributed by atoms with Crippen LogP contribution in [0.25, 0.3) is 0 Å². The number of aryl methyl sites for hydroxylation is 2. The molecule has 2 heterocycles. The number of ether oxygens (including phenoxy) is 1. The molecule has 25 heavy (non-hydrogen) atoms. The van der Waals surface area contributed by atoms with Crippen LogP contribution in [0.3, 0.4) is 0 Å². The SMILES string of the molecule is Cc1cc(Cl)c(NC(=O)NC2CCOC(c3ccnn3C)C2)cc1Cl. The number of nitrogens with zero attached hydrogens (tertiary/aromatic N) is 2. The average molecular weight is 383 g/mol. The highest BCUT2D eigenvalue weighted by atomic mass is 35.5. The van der Waals surface area contributed by atoms with Crippen molar-refractivity contribution in [1.82, 2.24) is 15.1 Å². The van der Waals surface area contributed by atoms with Crippen molar-refractivity contribution in [3.8, 4) is 0 Å². The lowest BCUT2D eigenvalue weighted by Crippen LogP contribution is -2.42. The first kappa shape index (κ1) is 18.0. The Hall–Kier alpha value is -1.76. The minimum absolute atomic E-state index is 0.00773. The normalized spacial score (nSPS) is 20.3. The van der Waals surface area contributed by atoms with Crippen LogP contribution in [0.4, 0.5) is 10.5 Å². The topological polar surface area (TPSA) is 68.2 Å². The number of carbonyl (C=O) groups excluding carboxylic acids is 1. The van der Waals surface area contributed by atoms with E-state index in [0.717, 1.165) is 17.7 Å². The van der Waals surface area contributed by atoms with E-state index < -0.39 is 0 Å². The predicted octanol–water partition coefficient (Wildman–Crippen LogP) is 4.08. The number of rotatable bonds is 3. The van der Waals surface area contributed by atoms with Gasteiger partial charge in [0.2, 0.25) is 0 Å². The molecule has 2 atom stereocenters. The van der Waals surface area contributed by atoms with E-state index in [4.69, 9.17) is 27.9 Å². The molecule has 2 amide bonds. The van der Waals surface area contributed by atoms with Gasteiger partial charge in [0.05, 0.1) is 16.4 Å². The fourth-order valence-electron chi connectivity index (χ4n) is 2.92. The van der Waals surface area contributed by atoms with Gasteiger partial charge in [-0.3, -0.25) is 4.68 Å². The first-order chi connectivity index (χ1) is 11.9. The fraction of sp³-hybridized carbons (Fsp3) is 0.412. The van der Waals surface area contributed by atoms with Crippen LogP contribution in [0.5, 0.6) is 0 Å². The molecule has 6 nitrogen and oxygen atoms in total. The van der Waals surface area contributed by atoms with Gasteiger partial charge >= 0.3 is 6.03 Å². The van der Waals surface area contributed by atoms with Gasteiger partial charge in [0.15, 0.2) is 0 Å². The number of amides is 2. The van der Waals surface area contributed by atoms with E-state index in [0.29, 0.717) is 28.8 Å². The summed E-state index contributed by atoms with van der Waals surface area (Å²) in [4.78, 5) is 12.3. The second-order valence-corrected chi connectivity index (χ2v) is 6.95. The molecule has 1 aliphatic heterocycles. The Morgan fingerprint density at radius 3 is 2.88 bits per heavy atom. The quantitative estimate of drug-likeness (QED) is 0.840. The molecule has 0 aliphatic carbocycles. The van der Waals surface area contributed by atoms with E-state index in [-0.39, 0.29) is 18.2 Å². The lowest BCUT2D eigenvalue weighted by molar-refractivity contribution is -0.00204. The van der Waals surface area contributed by atoms with E-state index in [1.807, 2.05) is 20.0 Å². The molecule has 1 saturated heterocycles. The maximum Gasteiger partial charge on any atom is 0.319 e. The van der Waals surface area contributed by atoms with E-state index in [1.54, 1.807) is 23.0 Å². The summed E-state index contributed by atoms with van der Waals surface area (Å²) in [5, 5.41) is 10.9. The Bertz CT molecular complexity index is 778. The molecular weight excluding hydrogens is 363 g/mol. The zero-order valence-electron chi connectivity index (χ0n) is 14.1. The number of hydrogen-bond acceptors (Lipinski definition) is 3. The van der Waals surface area contributed by atoms with Gasteiger partial charge in [-0.05, 0) is 43.5 Å². The van der Waals surface area contributed by atoms with Crippen molar-refractivity contribution in [1.29, 1.82) is 0 Å². The van der Waals surface area contributed by atoms with E-state index in [1.165, 1.54) is 0 Å². The highest BCUT2D eigenvalue weighted by Crippen LogP contribution is 2.30. The smallest absolute Gasteiger partial charge is 0.319 e. The zero-order valence-corrected chi connectivity index (χ0v) is 15.6. The number of nitrogens with one attached hydrogen (secondary N) is 2. The molecule has 2 unspecified atom stereocenters. The summed E-state index contributed by atoms with van der Waals surface area (Å²) in [5.74, 6) is 0. The molecule has 2 N–H and O–H groups in total. The molecule has 1 aromatic carbocycles. The van der Waals surface area contributed by atoms with Crippen molar-refractivity contribution in [2.75, 3.05) is 11.9 Å². The largest absolute Gasteiger partial charge is 0.372 e. The highest BCUT2D eigenvalue weighted by Gasteiger charge is 2.27. The van der Waals surface area contributed by atoms with Gasteiger partial charge in [0.1, 0.15) is 6.10 Å². The zero-order chi connectivity index (χ0) is 18.0. The van der Waals surface area contributed by atoms with Crippen LogP contribution in [0.15, 0.2) is 24.4 Å². The Morgan fingerprint density at radius 2 is 2.16 bits per heavy atom. The third-order valence-electron chi connectivity index (χ3n) is 4.30. The van der Waals surface area contributed by atoms with Crippen molar-refractivity contribution in [2.24, 2.45) is 7.05 Å². The maximum atomic E-state index is 12.3. The monoisotopic (exact) mass is 382 g/mol. The van der Waals surface area contributed by atoms with Crippen molar-refractivity contribution in [3.05, 3.63) is 45.7 Å². The summed E-state index contributed by atoms with van der Waals surface area (Å²) in [6, 6.07) is 5.01. The van der Waals surface area contributed by atoms with E-state index >= 15 is 0 Å². The molecular formula is C17H20Cl2N4O2. The third kappa shape index (κ3) is 4.26. The Labute approximate surface area is 156 Å². The second kappa shape index (κ2) is 7.64. The van der Waals surface area contributed by atoms with Crippen molar-refractivity contribution in [2.45, 2.75) is 31.9 Å². The summed E-state index contributed by atoms with van der Waals surface area (Å²) < 4.78 is 7.60. The molecule has 1 aromatic heterocycles. The minimum Gasteiger partial charge on any atom is -0.372 e. The molecule has 0 spiro atoms. The van der Waals surface area contributed by atoms with Crippen LogP contribution in [0.2, 0.25) is 10.0 Å². The molecule has 0 saturated carbocycles. The highest BCUT2D eigenvalue weighted by molar-refractivity contribution is 6.36.